The van der Waals surface area contributed by atoms with Crippen molar-refractivity contribution in [1.29, 1.82) is 0 Å². The number of carbonyl (C=O) groups excluding carboxylic acids is 2. The smallest absolute Gasteiger partial charge is 0.252 e. The van der Waals surface area contributed by atoms with Crippen LogP contribution in [0.4, 0.5) is 0 Å². The summed E-state index contributed by atoms with van der Waals surface area (Å²) in [5.41, 5.74) is 7.52. The van der Waals surface area contributed by atoms with E-state index in [1.54, 1.807) is 12.1 Å². The zero-order valence-corrected chi connectivity index (χ0v) is 14.0. The molecule has 0 bridgehead atoms. The van der Waals surface area contributed by atoms with E-state index in [4.69, 9.17) is 10.5 Å². The van der Waals surface area contributed by atoms with E-state index in [1.807, 2.05) is 6.20 Å². The van der Waals surface area contributed by atoms with Crippen molar-refractivity contribution >= 4 is 23.1 Å². The molecular weight excluding hydrogens is 304 g/mol. The fraction of sp³-hybridized carbons (Fsp3) is 0.474. The van der Waals surface area contributed by atoms with Gasteiger partial charge in [0.05, 0.1) is 12.7 Å². The molecule has 1 aromatic carbocycles. The summed E-state index contributed by atoms with van der Waals surface area (Å²) >= 11 is 0. The van der Waals surface area contributed by atoms with Crippen molar-refractivity contribution in [2.45, 2.75) is 44.4 Å². The van der Waals surface area contributed by atoms with Crippen molar-refractivity contribution in [3.05, 3.63) is 29.5 Å². The molecule has 1 saturated carbocycles. The number of aromatic nitrogens is 1. The molecule has 1 aromatic heterocycles. The number of benzene rings is 1. The predicted molar refractivity (Wildman–Crippen MR) is 93.4 cm³/mol. The molecule has 1 fully saturated rings. The molecule has 0 saturated heterocycles. The van der Waals surface area contributed by atoms with E-state index in [9.17, 15) is 9.59 Å². The zero-order chi connectivity index (χ0) is 17.1. The van der Waals surface area contributed by atoms with Crippen molar-refractivity contribution in [3.8, 4) is 5.75 Å². The molecule has 128 valence electrons. The van der Waals surface area contributed by atoms with Gasteiger partial charge in [-0.3, -0.25) is 4.79 Å². The van der Waals surface area contributed by atoms with Crippen LogP contribution in [0.15, 0.2) is 18.3 Å². The lowest BCUT2D eigenvalue weighted by Gasteiger charge is -2.24. The number of H-pyrrole nitrogens is 1. The Morgan fingerprint density at radius 3 is 2.75 bits per heavy atom. The van der Waals surface area contributed by atoms with Crippen LogP contribution in [-0.2, 0) is 4.79 Å². The first-order valence-corrected chi connectivity index (χ1v) is 8.58. The van der Waals surface area contributed by atoms with Crippen LogP contribution >= 0.6 is 0 Å². The van der Waals surface area contributed by atoms with E-state index in [1.165, 1.54) is 39.2 Å². The van der Waals surface area contributed by atoms with Crippen LogP contribution in [0.5, 0.6) is 5.75 Å². The van der Waals surface area contributed by atoms with Gasteiger partial charge in [-0.15, -0.1) is 0 Å². The van der Waals surface area contributed by atoms with Gasteiger partial charge in [0.1, 0.15) is 12.0 Å². The Labute approximate surface area is 141 Å². The van der Waals surface area contributed by atoms with Gasteiger partial charge in [0.25, 0.3) is 5.91 Å². The number of primary amides is 1. The van der Waals surface area contributed by atoms with Crippen molar-refractivity contribution in [2.24, 2.45) is 11.7 Å². The number of hydrogen-bond acceptors (Lipinski definition) is 3. The highest BCUT2D eigenvalue weighted by atomic mass is 16.5. The summed E-state index contributed by atoms with van der Waals surface area (Å²) in [5.74, 6) is 0.397. The number of ether oxygens (including phenoxy) is 1. The van der Waals surface area contributed by atoms with Crippen LogP contribution in [-0.4, -0.2) is 24.3 Å². The number of rotatable bonds is 6. The van der Waals surface area contributed by atoms with Gasteiger partial charge in [0, 0.05) is 23.0 Å². The number of nitrogens with one attached hydrogen (secondary N) is 1. The average Bonchev–Trinajstić information content (AvgIpc) is 3.02. The topological polar surface area (TPSA) is 85.2 Å². The van der Waals surface area contributed by atoms with E-state index >= 15 is 0 Å². The minimum absolute atomic E-state index is 0.133. The maximum absolute atomic E-state index is 11.7. The SMILES string of the molecule is COc1cc2c(C(C=O)CC3CCCCC3)c[nH]c2cc1C(N)=O. The van der Waals surface area contributed by atoms with E-state index in [0.29, 0.717) is 17.2 Å². The second-order valence-electron chi connectivity index (χ2n) is 6.69. The lowest BCUT2D eigenvalue weighted by atomic mass is 9.81. The van der Waals surface area contributed by atoms with Gasteiger partial charge in [0.2, 0.25) is 0 Å². The molecule has 24 heavy (non-hydrogen) atoms. The molecule has 3 rings (SSSR count). The number of aromatic amines is 1. The highest BCUT2D eigenvalue weighted by molar-refractivity contribution is 6.01. The minimum Gasteiger partial charge on any atom is -0.496 e. The molecule has 5 heteroatoms. The Morgan fingerprint density at radius 1 is 1.38 bits per heavy atom. The first-order valence-electron chi connectivity index (χ1n) is 8.58. The highest BCUT2D eigenvalue weighted by Crippen LogP contribution is 2.36. The Kier molecular flexibility index (Phi) is 4.88. The second kappa shape index (κ2) is 7.07. The van der Waals surface area contributed by atoms with E-state index in [2.05, 4.69) is 4.98 Å². The van der Waals surface area contributed by atoms with E-state index in [0.717, 1.165) is 29.2 Å². The number of hydrogen-bond donors (Lipinski definition) is 2. The number of aldehydes is 1. The summed E-state index contributed by atoms with van der Waals surface area (Å²) in [6.07, 6.45) is 10.1. The fourth-order valence-electron chi connectivity index (χ4n) is 3.88. The third-order valence-electron chi connectivity index (χ3n) is 5.18. The van der Waals surface area contributed by atoms with E-state index < -0.39 is 5.91 Å². The summed E-state index contributed by atoms with van der Waals surface area (Å²) in [4.78, 5) is 26.5. The largest absolute Gasteiger partial charge is 0.496 e. The monoisotopic (exact) mass is 328 g/mol. The molecule has 1 aliphatic rings. The van der Waals surface area contributed by atoms with Crippen LogP contribution in [0.3, 0.4) is 0 Å². The Bertz CT molecular complexity index is 744. The van der Waals surface area contributed by atoms with Gasteiger partial charge in [-0.2, -0.15) is 0 Å². The zero-order valence-electron chi connectivity index (χ0n) is 14.0. The van der Waals surface area contributed by atoms with Crippen molar-refractivity contribution in [2.75, 3.05) is 7.11 Å². The summed E-state index contributed by atoms with van der Waals surface area (Å²) in [6, 6.07) is 3.50. The molecule has 3 N–H and O–H groups in total. The van der Waals surface area contributed by atoms with Crippen molar-refractivity contribution in [3.63, 3.8) is 0 Å². The standard InChI is InChI=1S/C19H24N2O3/c1-24-18-9-14-16(10-21-17(14)8-15(18)19(20)23)13(11-22)7-12-5-3-2-4-6-12/h8-13,21H,2-7H2,1H3,(H2,20,23). The van der Waals surface area contributed by atoms with Gasteiger partial charge in [-0.1, -0.05) is 32.1 Å². The van der Waals surface area contributed by atoms with Crippen LogP contribution in [0.25, 0.3) is 10.9 Å². The number of fused-ring (bicyclic) bond motifs is 1. The predicted octanol–water partition coefficient (Wildman–Crippen LogP) is 3.53. The summed E-state index contributed by atoms with van der Waals surface area (Å²) in [7, 11) is 1.51. The first kappa shape index (κ1) is 16.6. The normalized spacial score (nSPS) is 16.9. The maximum atomic E-state index is 11.7. The number of methoxy groups -OCH3 is 1. The van der Waals surface area contributed by atoms with Crippen LogP contribution < -0.4 is 10.5 Å². The third kappa shape index (κ3) is 3.16. The van der Waals surface area contributed by atoms with Crippen LogP contribution in [0.1, 0.15) is 60.4 Å². The van der Waals surface area contributed by atoms with E-state index in [-0.39, 0.29) is 5.92 Å². The lowest BCUT2D eigenvalue weighted by molar-refractivity contribution is -0.109. The van der Waals surface area contributed by atoms with Gasteiger partial charge in [-0.25, -0.2) is 0 Å². The number of amides is 1. The Hall–Kier alpha value is -2.30. The summed E-state index contributed by atoms with van der Waals surface area (Å²) in [5, 5.41) is 0.921. The van der Waals surface area contributed by atoms with Crippen molar-refractivity contribution in [1.82, 2.24) is 4.98 Å². The minimum atomic E-state index is -0.529. The molecule has 0 spiro atoms. The van der Waals surface area contributed by atoms with Gasteiger partial charge in [0.15, 0.2) is 0 Å². The lowest BCUT2D eigenvalue weighted by Crippen LogP contribution is -2.13. The average molecular weight is 328 g/mol. The van der Waals surface area contributed by atoms with Gasteiger partial charge < -0.3 is 20.2 Å². The second-order valence-corrected chi connectivity index (χ2v) is 6.69. The summed E-state index contributed by atoms with van der Waals surface area (Å²) < 4.78 is 5.30. The van der Waals surface area contributed by atoms with Crippen molar-refractivity contribution < 1.29 is 14.3 Å². The van der Waals surface area contributed by atoms with Crippen LogP contribution in [0.2, 0.25) is 0 Å². The summed E-state index contributed by atoms with van der Waals surface area (Å²) in [6.45, 7) is 0. The molecule has 1 heterocycles. The maximum Gasteiger partial charge on any atom is 0.252 e. The molecule has 0 aliphatic heterocycles. The molecule has 1 atom stereocenters. The molecule has 1 amide bonds. The first-order chi connectivity index (χ1) is 11.6. The fourth-order valence-corrected chi connectivity index (χ4v) is 3.88. The molecule has 1 unspecified atom stereocenters. The van der Waals surface area contributed by atoms with Gasteiger partial charge >= 0.3 is 0 Å². The molecule has 5 nitrogen and oxygen atoms in total. The molecule has 1 aliphatic carbocycles. The van der Waals surface area contributed by atoms with Crippen LogP contribution in [0, 0.1) is 5.92 Å². The van der Waals surface area contributed by atoms with Gasteiger partial charge in [-0.05, 0) is 30.0 Å². The number of nitrogens with two attached hydrogens (primary N) is 1. The molecular formula is C19H24N2O3. The quantitative estimate of drug-likeness (QED) is 0.795. The molecule has 2 aromatic rings. The molecule has 0 radical (unpaired) electrons. The number of carbonyl (C=O) groups is 2. The third-order valence-corrected chi connectivity index (χ3v) is 5.18. The highest BCUT2D eigenvalue weighted by Gasteiger charge is 2.23. The Balaban J connectivity index is 1.95. The Morgan fingerprint density at radius 2 is 2.12 bits per heavy atom.